The van der Waals surface area contributed by atoms with Crippen LogP contribution in [-0.4, -0.2) is 18.4 Å². The first-order valence-corrected chi connectivity index (χ1v) is 5.23. The Bertz CT molecular complexity index is 478. The molecule has 0 saturated heterocycles. The third-order valence-corrected chi connectivity index (χ3v) is 2.22. The summed E-state index contributed by atoms with van der Waals surface area (Å²) < 4.78 is 26.2. The first-order chi connectivity index (χ1) is 8.41. The SMILES string of the molecule is NC(=O)CCCNC(=O)c1cc(N)c(F)cc1F. The van der Waals surface area contributed by atoms with E-state index in [1.54, 1.807) is 0 Å². The molecule has 0 aliphatic rings. The summed E-state index contributed by atoms with van der Waals surface area (Å²) >= 11 is 0. The smallest absolute Gasteiger partial charge is 0.254 e. The summed E-state index contributed by atoms with van der Waals surface area (Å²) in [7, 11) is 0. The van der Waals surface area contributed by atoms with E-state index in [1.807, 2.05) is 0 Å². The van der Waals surface area contributed by atoms with Gasteiger partial charge in [0.2, 0.25) is 5.91 Å². The minimum atomic E-state index is -0.992. The second kappa shape index (κ2) is 5.95. The van der Waals surface area contributed by atoms with Gasteiger partial charge in [-0.25, -0.2) is 8.78 Å². The number of amides is 2. The standard InChI is InChI=1S/C11H13F2N3O2/c12-7-5-8(13)9(14)4-6(7)11(18)16-3-1-2-10(15)17/h4-5H,1-3,14H2,(H2,15,17)(H,16,18). The molecule has 7 heteroatoms. The molecule has 2 amide bonds. The first kappa shape index (κ1) is 13.9. The highest BCUT2D eigenvalue weighted by Crippen LogP contribution is 2.16. The van der Waals surface area contributed by atoms with Gasteiger partial charge in [-0.1, -0.05) is 0 Å². The van der Waals surface area contributed by atoms with Crippen molar-refractivity contribution in [3.63, 3.8) is 0 Å². The van der Waals surface area contributed by atoms with Gasteiger partial charge in [-0.3, -0.25) is 9.59 Å². The molecule has 0 spiro atoms. The topological polar surface area (TPSA) is 98.2 Å². The van der Waals surface area contributed by atoms with E-state index in [0.29, 0.717) is 12.5 Å². The van der Waals surface area contributed by atoms with Crippen LogP contribution in [0.3, 0.4) is 0 Å². The monoisotopic (exact) mass is 257 g/mol. The highest BCUT2D eigenvalue weighted by Gasteiger charge is 2.14. The van der Waals surface area contributed by atoms with Crippen molar-refractivity contribution in [3.8, 4) is 0 Å². The van der Waals surface area contributed by atoms with E-state index in [0.717, 1.165) is 6.07 Å². The molecule has 5 nitrogen and oxygen atoms in total. The molecule has 0 aliphatic heterocycles. The molecule has 0 atom stereocenters. The normalized spacial score (nSPS) is 10.1. The summed E-state index contributed by atoms with van der Waals surface area (Å²) in [5.74, 6) is -3.11. The van der Waals surface area contributed by atoms with Gasteiger partial charge in [-0.2, -0.15) is 0 Å². The zero-order valence-electron chi connectivity index (χ0n) is 9.50. The van der Waals surface area contributed by atoms with Gasteiger partial charge in [0.25, 0.3) is 5.91 Å². The van der Waals surface area contributed by atoms with Crippen LogP contribution in [0.4, 0.5) is 14.5 Å². The molecule has 0 fully saturated rings. The Kier molecular flexibility index (Phi) is 4.59. The van der Waals surface area contributed by atoms with Crippen LogP contribution in [0, 0.1) is 11.6 Å². The molecular weight excluding hydrogens is 244 g/mol. The van der Waals surface area contributed by atoms with Gasteiger partial charge >= 0.3 is 0 Å². The zero-order valence-corrected chi connectivity index (χ0v) is 9.50. The predicted molar refractivity (Wildman–Crippen MR) is 61.5 cm³/mol. The van der Waals surface area contributed by atoms with Crippen LogP contribution in [0.5, 0.6) is 0 Å². The van der Waals surface area contributed by atoms with E-state index >= 15 is 0 Å². The number of hydrogen-bond donors (Lipinski definition) is 3. The van der Waals surface area contributed by atoms with Gasteiger partial charge in [0.1, 0.15) is 11.6 Å². The summed E-state index contributed by atoms with van der Waals surface area (Å²) in [5, 5.41) is 2.38. The van der Waals surface area contributed by atoms with Crippen LogP contribution in [0.15, 0.2) is 12.1 Å². The van der Waals surface area contributed by atoms with Crippen molar-refractivity contribution < 1.29 is 18.4 Å². The summed E-state index contributed by atoms with van der Waals surface area (Å²) in [6.45, 7) is 0.165. The molecule has 0 bridgehead atoms. The molecule has 0 radical (unpaired) electrons. The average Bonchev–Trinajstić information content (AvgIpc) is 2.28. The Hall–Kier alpha value is -2.18. The Morgan fingerprint density at radius 1 is 1.22 bits per heavy atom. The van der Waals surface area contributed by atoms with Crippen LogP contribution in [0.25, 0.3) is 0 Å². The van der Waals surface area contributed by atoms with E-state index < -0.39 is 23.4 Å². The second-order valence-electron chi connectivity index (χ2n) is 3.68. The summed E-state index contributed by atoms with van der Waals surface area (Å²) in [4.78, 5) is 22.0. The molecule has 5 N–H and O–H groups in total. The number of halogens is 2. The number of anilines is 1. The highest BCUT2D eigenvalue weighted by atomic mass is 19.1. The van der Waals surface area contributed by atoms with Crippen molar-refractivity contribution >= 4 is 17.5 Å². The van der Waals surface area contributed by atoms with Crippen molar-refractivity contribution in [2.24, 2.45) is 5.73 Å². The third kappa shape index (κ3) is 3.69. The lowest BCUT2D eigenvalue weighted by Gasteiger charge is -2.06. The number of nitrogens with two attached hydrogens (primary N) is 2. The number of carbonyl (C=O) groups excluding carboxylic acids is 2. The lowest BCUT2D eigenvalue weighted by atomic mass is 10.1. The molecule has 0 aliphatic carbocycles. The molecule has 0 saturated carbocycles. The maximum Gasteiger partial charge on any atom is 0.254 e. The molecule has 0 aromatic heterocycles. The molecule has 0 heterocycles. The van der Waals surface area contributed by atoms with E-state index in [1.165, 1.54) is 0 Å². The maximum absolute atomic E-state index is 13.3. The van der Waals surface area contributed by atoms with Crippen LogP contribution >= 0.6 is 0 Å². The van der Waals surface area contributed by atoms with Crippen molar-refractivity contribution in [3.05, 3.63) is 29.3 Å². The lowest BCUT2D eigenvalue weighted by Crippen LogP contribution is -2.26. The Labute approximate surface area is 102 Å². The summed E-state index contributed by atoms with van der Waals surface area (Å²) in [6, 6.07) is 1.47. The maximum atomic E-state index is 13.3. The van der Waals surface area contributed by atoms with Crippen LogP contribution in [-0.2, 0) is 4.79 Å². The predicted octanol–water partition coefficient (Wildman–Crippen LogP) is 0.542. The number of benzene rings is 1. The van der Waals surface area contributed by atoms with Gasteiger partial charge < -0.3 is 16.8 Å². The Balaban J connectivity index is 2.62. The third-order valence-electron chi connectivity index (χ3n) is 2.22. The fourth-order valence-corrected chi connectivity index (χ4v) is 1.30. The fraction of sp³-hybridized carbons (Fsp3) is 0.273. The van der Waals surface area contributed by atoms with Crippen molar-refractivity contribution in [1.29, 1.82) is 0 Å². The molecule has 18 heavy (non-hydrogen) atoms. The van der Waals surface area contributed by atoms with E-state index in [9.17, 15) is 18.4 Å². The quantitative estimate of drug-likeness (QED) is 0.530. The van der Waals surface area contributed by atoms with Gasteiger partial charge in [0, 0.05) is 19.0 Å². The summed E-state index contributed by atoms with van der Waals surface area (Å²) in [5.41, 5.74) is 9.50. The molecular formula is C11H13F2N3O2. The molecule has 98 valence electrons. The first-order valence-electron chi connectivity index (χ1n) is 5.23. The number of primary amides is 1. The lowest BCUT2D eigenvalue weighted by molar-refractivity contribution is -0.118. The van der Waals surface area contributed by atoms with Crippen LogP contribution < -0.4 is 16.8 Å². The number of nitrogen functional groups attached to an aromatic ring is 1. The van der Waals surface area contributed by atoms with Gasteiger partial charge in [-0.05, 0) is 12.5 Å². The molecule has 0 unspecified atom stereocenters. The zero-order chi connectivity index (χ0) is 13.7. The number of nitrogens with one attached hydrogen (secondary N) is 1. The minimum absolute atomic E-state index is 0.119. The fourth-order valence-electron chi connectivity index (χ4n) is 1.30. The molecule has 1 rings (SSSR count). The number of hydrogen-bond acceptors (Lipinski definition) is 3. The van der Waals surface area contributed by atoms with Crippen LogP contribution in [0.2, 0.25) is 0 Å². The van der Waals surface area contributed by atoms with E-state index in [-0.39, 0.29) is 24.2 Å². The van der Waals surface area contributed by atoms with E-state index in [4.69, 9.17) is 11.5 Å². The van der Waals surface area contributed by atoms with E-state index in [2.05, 4.69) is 5.32 Å². The largest absolute Gasteiger partial charge is 0.396 e. The molecule has 1 aromatic rings. The van der Waals surface area contributed by atoms with Crippen molar-refractivity contribution in [2.45, 2.75) is 12.8 Å². The van der Waals surface area contributed by atoms with Gasteiger partial charge in [0.15, 0.2) is 0 Å². The number of rotatable bonds is 5. The molecule has 1 aromatic carbocycles. The van der Waals surface area contributed by atoms with Crippen molar-refractivity contribution in [2.75, 3.05) is 12.3 Å². The van der Waals surface area contributed by atoms with Crippen LogP contribution in [0.1, 0.15) is 23.2 Å². The Morgan fingerprint density at radius 2 is 1.89 bits per heavy atom. The van der Waals surface area contributed by atoms with Gasteiger partial charge in [0.05, 0.1) is 11.3 Å². The van der Waals surface area contributed by atoms with Gasteiger partial charge in [-0.15, -0.1) is 0 Å². The summed E-state index contributed by atoms with van der Waals surface area (Å²) in [6.07, 6.45) is 0.466. The minimum Gasteiger partial charge on any atom is -0.396 e. The average molecular weight is 257 g/mol. The van der Waals surface area contributed by atoms with Crippen molar-refractivity contribution in [1.82, 2.24) is 5.32 Å². The second-order valence-corrected chi connectivity index (χ2v) is 3.68. The Morgan fingerprint density at radius 3 is 2.50 bits per heavy atom. The highest BCUT2D eigenvalue weighted by molar-refractivity contribution is 5.95. The number of carbonyl (C=O) groups is 2.